The number of aromatic nitrogens is 4. The fourth-order valence-corrected chi connectivity index (χ4v) is 2.69. The average molecular weight is 281 g/mol. The lowest BCUT2D eigenvalue weighted by Gasteiger charge is -2.01. The van der Waals surface area contributed by atoms with Gasteiger partial charge in [0.15, 0.2) is 11.6 Å². The molecule has 0 aromatic carbocycles. The number of amides is 1. The zero-order valence-electron chi connectivity index (χ0n) is 10.8. The molecule has 0 aliphatic heterocycles. The summed E-state index contributed by atoms with van der Waals surface area (Å²) in [6, 6.07) is 0. The molecule has 0 saturated carbocycles. The summed E-state index contributed by atoms with van der Waals surface area (Å²) in [5.41, 5.74) is 6.00. The molecule has 0 saturated heterocycles. The molecule has 2 heterocycles. The van der Waals surface area contributed by atoms with Crippen LogP contribution in [0.1, 0.15) is 16.5 Å². The van der Waals surface area contributed by atoms with E-state index in [4.69, 9.17) is 10.8 Å². The Morgan fingerprint density at radius 3 is 2.68 bits per heavy atom. The normalized spacial score (nSPS) is 10.9. The molecular weight excluding hydrogens is 266 g/mol. The van der Waals surface area contributed by atoms with Gasteiger partial charge in [0.05, 0.1) is 35.2 Å². The van der Waals surface area contributed by atoms with Crippen LogP contribution in [0, 0.1) is 13.8 Å². The van der Waals surface area contributed by atoms with Crippen LogP contribution in [-0.4, -0.2) is 37.4 Å². The Kier molecular flexibility index (Phi) is 3.91. The molecule has 3 N–H and O–H groups in total. The van der Waals surface area contributed by atoms with E-state index in [1.165, 1.54) is 11.3 Å². The van der Waals surface area contributed by atoms with Gasteiger partial charge in [-0.15, -0.1) is 11.3 Å². The van der Waals surface area contributed by atoms with E-state index in [1.807, 2.05) is 13.8 Å². The molecule has 2 rings (SSSR count). The maximum atomic E-state index is 10.9. The number of aryl methyl sites for hydroxylation is 2. The number of aliphatic hydroxyl groups is 1. The van der Waals surface area contributed by atoms with Crippen LogP contribution < -0.4 is 5.73 Å². The number of hydrogen-bond donors (Lipinski definition) is 2. The van der Waals surface area contributed by atoms with Crippen molar-refractivity contribution < 1.29 is 9.90 Å². The highest BCUT2D eigenvalue weighted by molar-refractivity contribution is 7.15. The quantitative estimate of drug-likeness (QED) is 0.804. The van der Waals surface area contributed by atoms with Gasteiger partial charge >= 0.3 is 0 Å². The highest BCUT2D eigenvalue weighted by atomic mass is 32.1. The van der Waals surface area contributed by atoms with E-state index in [9.17, 15) is 4.79 Å². The predicted molar refractivity (Wildman–Crippen MR) is 70.6 cm³/mol. The summed E-state index contributed by atoms with van der Waals surface area (Å²) in [5, 5.41) is 14.2. The van der Waals surface area contributed by atoms with Gasteiger partial charge in [-0.3, -0.25) is 4.79 Å². The zero-order valence-corrected chi connectivity index (χ0v) is 11.6. The number of carbonyl (C=O) groups excluding carboxylic acids is 1. The second kappa shape index (κ2) is 5.45. The number of aliphatic hydroxyl groups excluding tert-OH is 1. The van der Waals surface area contributed by atoms with E-state index in [2.05, 4.69) is 15.1 Å². The highest BCUT2D eigenvalue weighted by Gasteiger charge is 2.17. The molecule has 7 nitrogen and oxygen atoms in total. The van der Waals surface area contributed by atoms with Crippen LogP contribution in [0.2, 0.25) is 0 Å². The third-order valence-electron chi connectivity index (χ3n) is 2.47. The van der Waals surface area contributed by atoms with Crippen molar-refractivity contribution in [2.45, 2.75) is 26.8 Å². The minimum absolute atomic E-state index is 0.0116. The van der Waals surface area contributed by atoms with Crippen molar-refractivity contribution in [3.05, 3.63) is 16.5 Å². The highest BCUT2D eigenvalue weighted by Crippen LogP contribution is 2.28. The number of primary amides is 1. The fraction of sp³-hybridized carbons (Fsp3) is 0.455. The van der Waals surface area contributed by atoms with Crippen molar-refractivity contribution in [1.82, 2.24) is 19.7 Å². The molecule has 0 bridgehead atoms. The Morgan fingerprint density at radius 1 is 1.42 bits per heavy atom. The lowest BCUT2D eigenvalue weighted by molar-refractivity contribution is -0.117. The Balaban J connectivity index is 2.45. The van der Waals surface area contributed by atoms with Gasteiger partial charge in [0.25, 0.3) is 0 Å². The summed E-state index contributed by atoms with van der Waals surface area (Å²) < 4.78 is 1.58. The molecule has 0 fully saturated rings. The molecule has 0 unspecified atom stereocenters. The third-order valence-corrected chi connectivity index (χ3v) is 3.54. The number of thiazole rings is 1. The number of nitrogens with zero attached hydrogens (tertiary/aromatic N) is 4. The second-order valence-corrected chi connectivity index (χ2v) is 5.29. The standard InChI is InChI=1S/C11H15N5O2S/c1-6-10(19-7(2)13-6)11-14-9(5-8(12)18)15-16(11)3-4-17/h17H,3-5H2,1-2H3,(H2,12,18). The number of hydrogen-bond acceptors (Lipinski definition) is 6. The summed E-state index contributed by atoms with van der Waals surface area (Å²) in [5.74, 6) is 0.500. The number of nitrogens with two attached hydrogens (primary N) is 1. The molecule has 19 heavy (non-hydrogen) atoms. The Hall–Kier alpha value is -1.80. The number of rotatable bonds is 5. The van der Waals surface area contributed by atoms with Crippen LogP contribution in [-0.2, 0) is 17.8 Å². The van der Waals surface area contributed by atoms with E-state index in [0.717, 1.165) is 15.6 Å². The molecular formula is C11H15N5O2S. The van der Waals surface area contributed by atoms with Gasteiger partial charge in [-0.25, -0.2) is 14.6 Å². The zero-order chi connectivity index (χ0) is 14.0. The van der Waals surface area contributed by atoms with Crippen LogP contribution in [0.5, 0.6) is 0 Å². The van der Waals surface area contributed by atoms with Crippen LogP contribution in [0.4, 0.5) is 0 Å². The van der Waals surface area contributed by atoms with Crippen LogP contribution in [0.25, 0.3) is 10.7 Å². The molecule has 0 spiro atoms. The summed E-state index contributed by atoms with van der Waals surface area (Å²) in [6.07, 6.45) is -0.0116. The maximum Gasteiger partial charge on any atom is 0.225 e. The Morgan fingerprint density at radius 2 is 2.16 bits per heavy atom. The van der Waals surface area contributed by atoms with Gasteiger partial charge in [-0.1, -0.05) is 0 Å². The summed E-state index contributed by atoms with van der Waals surface area (Å²) >= 11 is 1.51. The first kappa shape index (κ1) is 13.6. The third kappa shape index (κ3) is 2.96. The molecule has 0 atom stereocenters. The van der Waals surface area contributed by atoms with Gasteiger partial charge in [-0.2, -0.15) is 5.10 Å². The first-order valence-electron chi connectivity index (χ1n) is 5.78. The fourth-order valence-electron chi connectivity index (χ4n) is 1.78. The Bertz CT molecular complexity index is 604. The minimum Gasteiger partial charge on any atom is -0.394 e. The van der Waals surface area contributed by atoms with Crippen LogP contribution >= 0.6 is 11.3 Å². The van der Waals surface area contributed by atoms with E-state index < -0.39 is 5.91 Å². The van der Waals surface area contributed by atoms with Crippen molar-refractivity contribution in [2.24, 2.45) is 5.73 Å². The van der Waals surface area contributed by atoms with Gasteiger partial charge in [-0.05, 0) is 13.8 Å². The lowest BCUT2D eigenvalue weighted by atomic mass is 10.3. The SMILES string of the molecule is Cc1nc(C)c(-c2nc(CC(N)=O)nn2CCO)s1. The second-order valence-electron chi connectivity index (χ2n) is 4.09. The Labute approximate surface area is 114 Å². The van der Waals surface area contributed by atoms with E-state index in [1.54, 1.807) is 4.68 Å². The molecule has 8 heteroatoms. The van der Waals surface area contributed by atoms with Gasteiger partial charge in [0.1, 0.15) is 0 Å². The molecule has 2 aromatic rings. The lowest BCUT2D eigenvalue weighted by Crippen LogP contribution is -2.15. The van der Waals surface area contributed by atoms with E-state index >= 15 is 0 Å². The maximum absolute atomic E-state index is 10.9. The molecule has 102 valence electrons. The largest absolute Gasteiger partial charge is 0.394 e. The topological polar surface area (TPSA) is 107 Å². The minimum atomic E-state index is -0.482. The summed E-state index contributed by atoms with van der Waals surface area (Å²) in [7, 11) is 0. The smallest absolute Gasteiger partial charge is 0.225 e. The average Bonchev–Trinajstić information content (AvgIpc) is 2.82. The molecule has 2 aromatic heterocycles. The molecule has 0 aliphatic carbocycles. The summed E-state index contributed by atoms with van der Waals surface area (Å²) in [6.45, 7) is 4.07. The van der Waals surface area contributed by atoms with Crippen molar-refractivity contribution in [3.8, 4) is 10.7 Å². The van der Waals surface area contributed by atoms with Crippen molar-refractivity contribution >= 4 is 17.2 Å². The molecule has 0 aliphatic rings. The first-order chi connectivity index (χ1) is 9.01. The van der Waals surface area contributed by atoms with Gasteiger partial charge in [0, 0.05) is 0 Å². The van der Waals surface area contributed by atoms with Crippen molar-refractivity contribution in [1.29, 1.82) is 0 Å². The van der Waals surface area contributed by atoms with E-state index in [-0.39, 0.29) is 13.0 Å². The van der Waals surface area contributed by atoms with Gasteiger partial charge < -0.3 is 10.8 Å². The number of carbonyl (C=O) groups is 1. The predicted octanol–water partition coefficient (Wildman–Crippen LogP) is 0.0385. The molecule has 0 radical (unpaired) electrons. The van der Waals surface area contributed by atoms with Crippen molar-refractivity contribution in [3.63, 3.8) is 0 Å². The monoisotopic (exact) mass is 281 g/mol. The van der Waals surface area contributed by atoms with Crippen LogP contribution in [0.15, 0.2) is 0 Å². The van der Waals surface area contributed by atoms with Crippen molar-refractivity contribution in [2.75, 3.05) is 6.61 Å². The first-order valence-corrected chi connectivity index (χ1v) is 6.60. The van der Waals surface area contributed by atoms with Crippen LogP contribution in [0.3, 0.4) is 0 Å². The summed E-state index contributed by atoms with van der Waals surface area (Å²) in [4.78, 5) is 20.5. The van der Waals surface area contributed by atoms with E-state index in [0.29, 0.717) is 18.2 Å². The molecule has 1 amide bonds. The van der Waals surface area contributed by atoms with Gasteiger partial charge in [0.2, 0.25) is 5.91 Å².